The maximum atomic E-state index is 13.1. The Bertz CT molecular complexity index is 1320. The Morgan fingerprint density at radius 1 is 0.861 bits per heavy atom. The van der Waals surface area contributed by atoms with E-state index in [0.29, 0.717) is 38.7 Å². The Labute approximate surface area is 229 Å². The van der Waals surface area contributed by atoms with E-state index in [1.54, 1.807) is 42.5 Å². The van der Waals surface area contributed by atoms with E-state index in [0.717, 1.165) is 22.3 Å². The van der Waals surface area contributed by atoms with Crippen molar-refractivity contribution in [2.75, 3.05) is 5.32 Å². The maximum Gasteiger partial charge on any atom is 0.241 e. The molecule has 10 heteroatoms. The minimum atomic E-state index is -0.804. The molecule has 1 aliphatic heterocycles. The zero-order valence-corrected chi connectivity index (χ0v) is 22.1. The highest BCUT2D eigenvalue weighted by Crippen LogP contribution is 2.30. The quantitative estimate of drug-likeness (QED) is 0.304. The zero-order chi connectivity index (χ0) is 26.0. The first-order valence-electron chi connectivity index (χ1n) is 11.2. The van der Waals surface area contributed by atoms with Crippen molar-refractivity contribution in [1.82, 2.24) is 5.32 Å². The third kappa shape index (κ3) is 6.21. The van der Waals surface area contributed by atoms with Crippen molar-refractivity contribution in [3.05, 3.63) is 96.9 Å². The molecular weight excluding hydrogens is 542 g/mol. The second kappa shape index (κ2) is 11.5. The molecule has 1 aliphatic rings. The van der Waals surface area contributed by atoms with Crippen molar-refractivity contribution in [2.45, 2.75) is 37.5 Å². The van der Waals surface area contributed by atoms with Crippen LogP contribution >= 0.6 is 46.4 Å². The average molecular weight is 566 g/mol. The van der Waals surface area contributed by atoms with Crippen molar-refractivity contribution >= 4 is 63.8 Å². The van der Waals surface area contributed by atoms with Gasteiger partial charge in [-0.1, -0.05) is 64.6 Å². The van der Waals surface area contributed by atoms with Crippen molar-refractivity contribution < 1.29 is 9.59 Å². The number of hydrogen-bond acceptors (Lipinski definition) is 5. The summed E-state index contributed by atoms with van der Waals surface area (Å²) >= 11 is 24.3. The molecule has 1 amide bonds. The molecule has 0 bridgehead atoms. The van der Waals surface area contributed by atoms with Gasteiger partial charge in [-0.3, -0.25) is 14.9 Å². The summed E-state index contributed by atoms with van der Waals surface area (Å²) in [6, 6.07) is 13.5. The Balaban J connectivity index is 1.39. The van der Waals surface area contributed by atoms with Gasteiger partial charge in [-0.25, -0.2) is 0 Å². The van der Waals surface area contributed by atoms with E-state index in [-0.39, 0.29) is 18.1 Å². The smallest absolute Gasteiger partial charge is 0.241 e. The summed E-state index contributed by atoms with van der Waals surface area (Å²) in [5.74, 6) is -0.486. The minimum absolute atomic E-state index is 0.140. The number of ketones is 1. The lowest BCUT2D eigenvalue weighted by atomic mass is 9.94. The van der Waals surface area contributed by atoms with Crippen LogP contribution in [0.15, 0.2) is 54.6 Å². The van der Waals surface area contributed by atoms with Crippen molar-refractivity contribution in [3.8, 4) is 0 Å². The number of nitrogens with two attached hydrogens (primary N) is 2. The number of carbonyl (C=O) groups is 2. The van der Waals surface area contributed by atoms with Crippen molar-refractivity contribution in [3.63, 3.8) is 0 Å². The first-order chi connectivity index (χ1) is 17.1. The van der Waals surface area contributed by atoms with Crippen molar-refractivity contribution in [1.29, 1.82) is 0 Å². The molecule has 0 saturated heterocycles. The molecule has 3 atom stereocenters. The summed E-state index contributed by atoms with van der Waals surface area (Å²) in [5.41, 5.74) is 16.1. The van der Waals surface area contributed by atoms with Gasteiger partial charge in [0.15, 0.2) is 5.78 Å². The molecule has 0 aromatic heterocycles. The van der Waals surface area contributed by atoms with Gasteiger partial charge in [-0.15, -0.1) is 0 Å². The Kier molecular flexibility index (Phi) is 8.58. The molecule has 1 heterocycles. The molecule has 0 fully saturated rings. The molecule has 0 spiro atoms. The van der Waals surface area contributed by atoms with Crippen LogP contribution in [0.4, 0.5) is 5.69 Å². The molecule has 188 valence electrons. The highest BCUT2D eigenvalue weighted by atomic mass is 35.5. The summed E-state index contributed by atoms with van der Waals surface area (Å²) in [6.45, 7) is 0.469. The third-order valence-corrected chi connectivity index (χ3v) is 7.29. The second-order valence-electron chi connectivity index (χ2n) is 8.71. The molecule has 4 rings (SSSR count). The molecule has 0 radical (unpaired) electrons. The minimum Gasteiger partial charge on any atom is -0.325 e. The Hall–Kier alpha value is -2.16. The van der Waals surface area contributed by atoms with E-state index in [1.165, 1.54) is 0 Å². The Morgan fingerprint density at radius 2 is 1.44 bits per heavy atom. The normalized spacial score (nSPS) is 16.3. The monoisotopic (exact) mass is 564 g/mol. The van der Waals surface area contributed by atoms with E-state index in [4.69, 9.17) is 57.9 Å². The van der Waals surface area contributed by atoms with Gasteiger partial charge in [-0.05, 0) is 71.5 Å². The molecule has 1 unspecified atom stereocenters. The fraction of sp³-hybridized carbons (Fsp3) is 0.231. The van der Waals surface area contributed by atoms with Gasteiger partial charge in [0.2, 0.25) is 5.91 Å². The van der Waals surface area contributed by atoms with Gasteiger partial charge in [-0.2, -0.15) is 0 Å². The van der Waals surface area contributed by atoms with Crippen LogP contribution in [-0.4, -0.2) is 23.8 Å². The van der Waals surface area contributed by atoms with E-state index >= 15 is 0 Å². The number of benzene rings is 3. The number of fused-ring (bicyclic) bond motifs is 1. The van der Waals surface area contributed by atoms with Crippen LogP contribution in [0.3, 0.4) is 0 Å². The summed E-state index contributed by atoms with van der Waals surface area (Å²) in [4.78, 5) is 25.8. The number of amides is 1. The van der Waals surface area contributed by atoms with Gasteiger partial charge >= 0.3 is 0 Å². The highest BCUT2D eigenvalue weighted by molar-refractivity contribution is 6.35. The number of anilines is 1. The predicted molar refractivity (Wildman–Crippen MR) is 146 cm³/mol. The number of carbonyl (C=O) groups excluding carboxylic acids is 2. The van der Waals surface area contributed by atoms with Crippen LogP contribution < -0.4 is 22.1 Å². The molecule has 0 saturated carbocycles. The molecule has 3 aromatic carbocycles. The molecule has 3 aromatic rings. The van der Waals surface area contributed by atoms with Gasteiger partial charge in [0.25, 0.3) is 0 Å². The summed E-state index contributed by atoms with van der Waals surface area (Å²) in [7, 11) is 0. The van der Waals surface area contributed by atoms with E-state index in [2.05, 4.69) is 10.6 Å². The summed E-state index contributed by atoms with van der Waals surface area (Å²) < 4.78 is 0. The lowest BCUT2D eigenvalue weighted by Gasteiger charge is -2.18. The lowest BCUT2D eigenvalue weighted by Crippen LogP contribution is -2.39. The molecule has 6 N–H and O–H groups in total. The molecule has 36 heavy (non-hydrogen) atoms. The van der Waals surface area contributed by atoms with Crippen LogP contribution in [0.5, 0.6) is 0 Å². The van der Waals surface area contributed by atoms with Gasteiger partial charge in [0.1, 0.15) is 0 Å². The number of Topliss-reactive ketones (excluding diaryl/α,β-unsaturated/α-hetero) is 1. The van der Waals surface area contributed by atoms with E-state index < -0.39 is 18.1 Å². The maximum absolute atomic E-state index is 13.1. The third-order valence-electron chi connectivity index (χ3n) is 6.11. The van der Waals surface area contributed by atoms with Gasteiger partial charge < -0.3 is 16.8 Å². The number of nitrogens with one attached hydrogen (secondary N) is 2. The number of rotatable bonds is 8. The van der Waals surface area contributed by atoms with Crippen LogP contribution in [0.2, 0.25) is 20.1 Å². The Morgan fingerprint density at radius 3 is 2.03 bits per heavy atom. The summed E-state index contributed by atoms with van der Waals surface area (Å²) in [6.07, 6.45) is 0.562. The number of halogens is 4. The largest absolute Gasteiger partial charge is 0.325 e. The molecule has 6 nitrogen and oxygen atoms in total. The predicted octanol–water partition coefficient (Wildman–Crippen LogP) is 5.09. The van der Waals surface area contributed by atoms with Crippen LogP contribution in [0, 0.1) is 0 Å². The topological polar surface area (TPSA) is 110 Å². The summed E-state index contributed by atoms with van der Waals surface area (Å²) in [5, 5.41) is 8.02. The SMILES string of the molecule is NC(Cc1ccc(Cl)cc1Cl)C(=O)Nc1ccc2c(c1)CN[C@@H]2C(=O)[C@H](N)Cc1ccc(Cl)cc1Cl. The molecular formula is C26H24Cl4N4O2. The van der Waals surface area contributed by atoms with Crippen molar-refractivity contribution in [2.24, 2.45) is 11.5 Å². The van der Waals surface area contributed by atoms with Crippen LogP contribution in [0.25, 0.3) is 0 Å². The molecule has 0 aliphatic carbocycles. The first-order valence-corrected chi connectivity index (χ1v) is 12.7. The van der Waals surface area contributed by atoms with E-state index in [1.807, 2.05) is 12.1 Å². The van der Waals surface area contributed by atoms with Crippen LogP contribution in [0.1, 0.15) is 28.3 Å². The first kappa shape index (κ1) is 26.9. The zero-order valence-electron chi connectivity index (χ0n) is 19.0. The van der Waals surface area contributed by atoms with Crippen LogP contribution in [-0.2, 0) is 29.0 Å². The fourth-order valence-corrected chi connectivity index (χ4v) is 5.16. The number of hydrogen-bond donors (Lipinski definition) is 4. The standard InChI is InChI=1S/C26H24Cl4N4O2/c27-16-3-1-13(20(29)10-16)8-22(31)25(35)24-19-6-5-18(7-15(19)12-33-24)34-26(36)23(32)9-14-2-4-17(28)11-21(14)30/h1-7,10-11,22-24,33H,8-9,12,31-32H2,(H,34,36)/t22-,23?,24+/m1/s1. The average Bonchev–Trinajstić information content (AvgIpc) is 3.25. The lowest BCUT2D eigenvalue weighted by molar-refractivity contribution is -0.122. The highest BCUT2D eigenvalue weighted by Gasteiger charge is 2.32. The van der Waals surface area contributed by atoms with Gasteiger partial charge in [0.05, 0.1) is 18.1 Å². The second-order valence-corrected chi connectivity index (χ2v) is 10.4. The van der Waals surface area contributed by atoms with E-state index in [9.17, 15) is 9.59 Å². The van der Waals surface area contributed by atoms with Gasteiger partial charge in [0, 0.05) is 32.3 Å². The fourth-order valence-electron chi connectivity index (χ4n) is 4.18.